The topological polar surface area (TPSA) is 60.6 Å². The zero-order valence-electron chi connectivity index (χ0n) is 13.2. The monoisotopic (exact) mass is 303 g/mol. The maximum atomic E-state index is 5.50. The number of aromatic nitrogens is 2. The largest absolute Gasteiger partial charge is 0.497 e. The lowest BCUT2D eigenvalue weighted by atomic mass is 9.97. The minimum Gasteiger partial charge on any atom is -0.497 e. The van der Waals surface area contributed by atoms with E-state index in [0.717, 1.165) is 37.4 Å². The normalized spacial score (nSPS) is 17.8. The van der Waals surface area contributed by atoms with Gasteiger partial charge in [-0.05, 0) is 29.8 Å². The van der Waals surface area contributed by atoms with Gasteiger partial charge in [-0.3, -0.25) is 0 Å². The van der Waals surface area contributed by atoms with E-state index >= 15 is 0 Å². The molecule has 0 unspecified atom stereocenters. The van der Waals surface area contributed by atoms with E-state index in [-0.39, 0.29) is 0 Å². The standard InChI is InChI=1S/C16H21N3O3/c1-4-15-17-16(18-22-15)19-8-7-11(10-19)13-9-12(20-2)5-6-14(13)21-3/h5-6,9,11H,4,7-8,10H2,1-3H3/t11-/m0/s1. The number of anilines is 1. The van der Waals surface area contributed by atoms with Gasteiger partial charge in [-0.1, -0.05) is 6.92 Å². The van der Waals surface area contributed by atoms with Crippen molar-refractivity contribution in [2.45, 2.75) is 25.7 Å². The Hall–Kier alpha value is -2.24. The molecule has 1 atom stereocenters. The smallest absolute Gasteiger partial charge is 0.266 e. The highest BCUT2D eigenvalue weighted by Gasteiger charge is 2.29. The Balaban J connectivity index is 1.80. The van der Waals surface area contributed by atoms with E-state index in [1.807, 2.05) is 19.1 Å². The molecule has 6 nitrogen and oxygen atoms in total. The van der Waals surface area contributed by atoms with Crippen molar-refractivity contribution in [3.05, 3.63) is 29.7 Å². The van der Waals surface area contributed by atoms with Crippen molar-refractivity contribution in [2.75, 3.05) is 32.2 Å². The van der Waals surface area contributed by atoms with Crippen LogP contribution in [-0.4, -0.2) is 37.4 Å². The van der Waals surface area contributed by atoms with Gasteiger partial charge in [0.15, 0.2) is 0 Å². The Bertz CT molecular complexity index is 641. The molecule has 0 saturated carbocycles. The van der Waals surface area contributed by atoms with E-state index in [9.17, 15) is 0 Å². The molecule has 0 N–H and O–H groups in total. The molecule has 0 aliphatic carbocycles. The predicted molar refractivity (Wildman–Crippen MR) is 82.8 cm³/mol. The van der Waals surface area contributed by atoms with Gasteiger partial charge in [0.1, 0.15) is 11.5 Å². The summed E-state index contributed by atoms with van der Waals surface area (Å²) < 4.78 is 16.0. The summed E-state index contributed by atoms with van der Waals surface area (Å²) in [5.41, 5.74) is 1.17. The van der Waals surface area contributed by atoms with Gasteiger partial charge in [-0.25, -0.2) is 0 Å². The molecule has 1 saturated heterocycles. The summed E-state index contributed by atoms with van der Waals surface area (Å²) in [6.45, 7) is 3.77. The van der Waals surface area contributed by atoms with Gasteiger partial charge in [0, 0.05) is 31.0 Å². The van der Waals surface area contributed by atoms with Crippen molar-refractivity contribution in [2.24, 2.45) is 0 Å². The van der Waals surface area contributed by atoms with Gasteiger partial charge in [-0.2, -0.15) is 4.98 Å². The van der Waals surface area contributed by atoms with E-state index in [2.05, 4.69) is 21.1 Å². The SMILES string of the molecule is CCc1nc(N2CC[C@H](c3cc(OC)ccc3OC)C2)no1. The van der Waals surface area contributed by atoms with Crippen molar-refractivity contribution in [1.82, 2.24) is 10.1 Å². The maximum absolute atomic E-state index is 5.50. The number of hydrogen-bond acceptors (Lipinski definition) is 6. The lowest BCUT2D eigenvalue weighted by Crippen LogP contribution is -2.20. The van der Waals surface area contributed by atoms with Crippen LogP contribution in [0.2, 0.25) is 0 Å². The van der Waals surface area contributed by atoms with Crippen LogP contribution in [0.15, 0.2) is 22.7 Å². The first-order valence-electron chi connectivity index (χ1n) is 7.54. The number of ether oxygens (including phenoxy) is 2. The van der Waals surface area contributed by atoms with Crippen LogP contribution in [0.25, 0.3) is 0 Å². The first-order chi connectivity index (χ1) is 10.7. The molecule has 2 aromatic rings. The minimum atomic E-state index is 0.369. The fourth-order valence-electron chi connectivity index (χ4n) is 2.87. The lowest BCUT2D eigenvalue weighted by molar-refractivity contribution is 0.381. The first-order valence-corrected chi connectivity index (χ1v) is 7.54. The zero-order chi connectivity index (χ0) is 15.5. The molecule has 1 aliphatic heterocycles. The molecule has 0 bridgehead atoms. The van der Waals surface area contributed by atoms with E-state index in [1.165, 1.54) is 5.56 Å². The molecule has 0 radical (unpaired) electrons. The summed E-state index contributed by atoms with van der Waals surface area (Å²) in [7, 11) is 3.38. The van der Waals surface area contributed by atoms with E-state index in [1.54, 1.807) is 14.2 Å². The van der Waals surface area contributed by atoms with E-state index < -0.39 is 0 Å². The summed E-state index contributed by atoms with van der Waals surface area (Å²) in [6.07, 6.45) is 1.79. The van der Waals surface area contributed by atoms with E-state index in [4.69, 9.17) is 14.0 Å². The Morgan fingerprint density at radius 3 is 2.86 bits per heavy atom. The molecule has 1 fully saturated rings. The molecule has 2 heterocycles. The molecular weight excluding hydrogens is 282 g/mol. The van der Waals surface area contributed by atoms with Gasteiger partial charge in [-0.15, -0.1) is 0 Å². The van der Waals surface area contributed by atoms with Gasteiger partial charge in [0.2, 0.25) is 5.89 Å². The van der Waals surface area contributed by atoms with Crippen molar-refractivity contribution >= 4 is 5.95 Å². The van der Waals surface area contributed by atoms with Crippen LogP contribution in [0.1, 0.15) is 30.7 Å². The molecule has 118 valence electrons. The summed E-state index contributed by atoms with van der Waals surface area (Å²) in [5, 5.41) is 4.06. The highest BCUT2D eigenvalue weighted by Crippen LogP contribution is 2.36. The van der Waals surface area contributed by atoms with Crippen LogP contribution in [-0.2, 0) is 6.42 Å². The predicted octanol–water partition coefficient (Wildman–Crippen LogP) is 2.64. The third kappa shape index (κ3) is 2.73. The van der Waals surface area contributed by atoms with Gasteiger partial charge < -0.3 is 18.9 Å². The number of benzene rings is 1. The van der Waals surface area contributed by atoms with Gasteiger partial charge in [0.05, 0.1) is 14.2 Å². The summed E-state index contributed by atoms with van der Waals surface area (Å²) in [5.74, 6) is 3.48. The zero-order valence-corrected chi connectivity index (χ0v) is 13.2. The number of hydrogen-bond donors (Lipinski definition) is 0. The van der Waals surface area contributed by atoms with Crippen LogP contribution in [0.5, 0.6) is 11.5 Å². The first kappa shape index (κ1) is 14.7. The molecule has 1 aromatic heterocycles. The minimum absolute atomic E-state index is 0.369. The Kier molecular flexibility index (Phi) is 4.18. The number of nitrogens with zero attached hydrogens (tertiary/aromatic N) is 3. The van der Waals surface area contributed by atoms with Crippen LogP contribution in [0.3, 0.4) is 0 Å². The second kappa shape index (κ2) is 6.25. The van der Waals surface area contributed by atoms with Crippen LogP contribution < -0.4 is 14.4 Å². The Morgan fingerprint density at radius 1 is 1.32 bits per heavy atom. The number of methoxy groups -OCH3 is 2. The molecule has 22 heavy (non-hydrogen) atoms. The molecular formula is C16H21N3O3. The van der Waals surface area contributed by atoms with Crippen LogP contribution >= 0.6 is 0 Å². The average Bonchev–Trinajstić information content (AvgIpc) is 3.22. The molecule has 1 aromatic carbocycles. The fraction of sp³-hybridized carbons (Fsp3) is 0.500. The molecule has 3 rings (SSSR count). The second-order valence-corrected chi connectivity index (χ2v) is 5.38. The summed E-state index contributed by atoms with van der Waals surface area (Å²) >= 11 is 0. The second-order valence-electron chi connectivity index (χ2n) is 5.38. The number of rotatable bonds is 5. The van der Waals surface area contributed by atoms with E-state index in [0.29, 0.717) is 17.8 Å². The Labute approximate surface area is 130 Å². The van der Waals surface area contributed by atoms with Crippen LogP contribution in [0.4, 0.5) is 5.95 Å². The summed E-state index contributed by atoms with van der Waals surface area (Å²) in [6, 6.07) is 5.93. The molecule has 0 spiro atoms. The quantitative estimate of drug-likeness (QED) is 0.846. The highest BCUT2D eigenvalue weighted by atomic mass is 16.5. The molecule has 0 amide bonds. The third-order valence-electron chi connectivity index (χ3n) is 4.11. The van der Waals surface area contributed by atoms with Gasteiger partial charge >= 0.3 is 0 Å². The molecule has 6 heteroatoms. The fourth-order valence-corrected chi connectivity index (χ4v) is 2.87. The van der Waals surface area contributed by atoms with Crippen molar-refractivity contribution < 1.29 is 14.0 Å². The van der Waals surface area contributed by atoms with Crippen molar-refractivity contribution in [3.63, 3.8) is 0 Å². The Morgan fingerprint density at radius 2 is 2.18 bits per heavy atom. The van der Waals surface area contributed by atoms with Crippen molar-refractivity contribution in [1.29, 1.82) is 0 Å². The maximum Gasteiger partial charge on any atom is 0.266 e. The third-order valence-corrected chi connectivity index (χ3v) is 4.11. The lowest BCUT2D eigenvalue weighted by Gasteiger charge is -2.17. The van der Waals surface area contributed by atoms with Crippen molar-refractivity contribution in [3.8, 4) is 11.5 Å². The molecule has 1 aliphatic rings. The van der Waals surface area contributed by atoms with Crippen LogP contribution in [0, 0.1) is 0 Å². The number of aryl methyl sites for hydroxylation is 1. The summed E-state index contributed by atoms with van der Waals surface area (Å²) in [4.78, 5) is 6.57. The average molecular weight is 303 g/mol. The van der Waals surface area contributed by atoms with Gasteiger partial charge in [0.25, 0.3) is 5.95 Å². The highest BCUT2D eigenvalue weighted by molar-refractivity contribution is 5.45.